The molecule has 2 aromatic rings. The fraction of sp³-hybridized carbons (Fsp3) is 0.487. The van der Waals surface area contributed by atoms with Crippen LogP contribution in [0, 0.1) is 17.3 Å². The molecule has 282 valence electrons. The van der Waals surface area contributed by atoms with E-state index in [-0.39, 0.29) is 51.9 Å². The van der Waals surface area contributed by atoms with Gasteiger partial charge in [0.15, 0.2) is 5.78 Å². The molecule has 4 aliphatic rings. The number of allylic oxidation sites excluding steroid dienone is 2. The maximum atomic E-state index is 14.6. The number of pyridine rings is 1. The molecular formula is C39H46N4O9S. The summed E-state index contributed by atoms with van der Waals surface area (Å²) in [5.41, 5.74) is -0.420. The van der Waals surface area contributed by atoms with Gasteiger partial charge in [0.1, 0.15) is 6.10 Å². The smallest absolute Gasteiger partial charge is 0.306 e. The van der Waals surface area contributed by atoms with Crippen molar-refractivity contribution in [2.75, 3.05) is 26.2 Å². The van der Waals surface area contributed by atoms with Crippen LogP contribution in [0.4, 0.5) is 0 Å². The van der Waals surface area contributed by atoms with Gasteiger partial charge >= 0.3 is 5.97 Å². The van der Waals surface area contributed by atoms with E-state index < -0.39 is 74.1 Å². The first-order valence-corrected chi connectivity index (χ1v) is 19.7. The Morgan fingerprint density at radius 3 is 2.66 bits per heavy atom. The van der Waals surface area contributed by atoms with E-state index in [2.05, 4.69) is 22.9 Å². The van der Waals surface area contributed by atoms with Crippen molar-refractivity contribution >= 4 is 56.3 Å². The highest BCUT2D eigenvalue weighted by molar-refractivity contribution is 7.90. The second-order valence-electron chi connectivity index (χ2n) is 14.3. The normalized spacial score (nSPS) is 26.8. The second kappa shape index (κ2) is 15.6. The number of hydrogen-bond donors (Lipinski definition) is 1. The first-order valence-electron chi connectivity index (χ1n) is 18.2. The molecule has 2 aliphatic carbocycles. The Labute approximate surface area is 309 Å². The summed E-state index contributed by atoms with van der Waals surface area (Å²) in [5, 5.41) is 1.00. The predicted octanol–water partition coefficient (Wildman–Crippen LogP) is 3.73. The predicted molar refractivity (Wildman–Crippen MR) is 197 cm³/mol. The van der Waals surface area contributed by atoms with Crippen molar-refractivity contribution in [2.24, 2.45) is 17.3 Å². The number of nitrogens with one attached hydrogen (secondary N) is 1. The van der Waals surface area contributed by atoms with Crippen molar-refractivity contribution in [3.63, 3.8) is 0 Å². The Kier molecular flexibility index (Phi) is 11.2. The van der Waals surface area contributed by atoms with Crippen molar-refractivity contribution in [3.8, 4) is 5.88 Å². The van der Waals surface area contributed by atoms with Gasteiger partial charge in [-0.1, -0.05) is 36.9 Å². The standard InChI is InChI=1S/C39H46N4O9S/c1-4-28-21-39(28,38(48)41-53(49,50)30-13-14-30)22-33(44)32-20-29-24-43(32)37(47)27(23-42(6-3)34(45)5-2)19-35(46)51-17-9-7-8-10-25-11-12-26-15-16-40-36(52-29)31(26)18-25/h4-5,8,10-12,15-16,18,27-30,32H,1-2,6-7,9,13-14,17,19-24H2,3H3,(H,41,48)/b10-8+/t27-,28+,29+,32-,39+/m0/s1. The Bertz CT molecular complexity index is 1960. The number of amides is 3. The lowest BCUT2D eigenvalue weighted by Crippen LogP contribution is -2.49. The summed E-state index contributed by atoms with van der Waals surface area (Å²) >= 11 is 0. The third-order valence-corrected chi connectivity index (χ3v) is 12.5. The van der Waals surface area contributed by atoms with E-state index in [1.807, 2.05) is 36.4 Å². The zero-order valence-corrected chi connectivity index (χ0v) is 30.7. The van der Waals surface area contributed by atoms with Gasteiger partial charge in [0.2, 0.25) is 33.6 Å². The lowest BCUT2D eigenvalue weighted by molar-refractivity contribution is -0.151. The number of rotatable bonds is 11. The summed E-state index contributed by atoms with van der Waals surface area (Å²) in [6.07, 6.45) is 9.28. The van der Waals surface area contributed by atoms with Crippen molar-refractivity contribution in [1.82, 2.24) is 19.5 Å². The average Bonchev–Trinajstić information content (AvgIpc) is 4.07. The van der Waals surface area contributed by atoms with Crippen molar-refractivity contribution in [3.05, 3.63) is 67.4 Å². The van der Waals surface area contributed by atoms with Gasteiger partial charge in [-0.3, -0.25) is 28.7 Å². The van der Waals surface area contributed by atoms with Gasteiger partial charge in [-0.2, -0.15) is 0 Å². The van der Waals surface area contributed by atoms with Crippen LogP contribution in [0.1, 0.15) is 63.9 Å². The number of sulfonamides is 1. The molecule has 14 heteroatoms. The van der Waals surface area contributed by atoms with Gasteiger partial charge in [-0.25, -0.2) is 13.4 Å². The number of aromatic nitrogens is 1. The van der Waals surface area contributed by atoms with Crippen LogP contribution in [0.2, 0.25) is 0 Å². The molecule has 53 heavy (non-hydrogen) atoms. The van der Waals surface area contributed by atoms with Crippen LogP contribution in [0.25, 0.3) is 16.8 Å². The van der Waals surface area contributed by atoms with Crippen LogP contribution >= 0.6 is 0 Å². The van der Waals surface area contributed by atoms with Gasteiger partial charge in [0.25, 0.3) is 0 Å². The minimum Gasteiger partial charge on any atom is -0.472 e. The van der Waals surface area contributed by atoms with Gasteiger partial charge in [-0.15, -0.1) is 6.58 Å². The molecule has 3 amide bonds. The molecular weight excluding hydrogens is 701 g/mol. The van der Waals surface area contributed by atoms with E-state index in [0.717, 1.165) is 22.4 Å². The summed E-state index contributed by atoms with van der Waals surface area (Å²) in [7, 11) is -3.88. The minimum absolute atomic E-state index is 0.0415. The lowest BCUT2D eigenvalue weighted by Gasteiger charge is -2.31. The number of hydrogen-bond acceptors (Lipinski definition) is 10. The van der Waals surface area contributed by atoms with E-state index in [1.54, 1.807) is 19.2 Å². The molecule has 1 saturated heterocycles. The molecule has 1 aromatic carbocycles. The summed E-state index contributed by atoms with van der Waals surface area (Å²) in [5.74, 6) is -3.97. The number of esters is 1. The molecule has 0 unspecified atom stereocenters. The fourth-order valence-corrected chi connectivity index (χ4v) is 8.74. The number of benzene rings is 1. The van der Waals surface area contributed by atoms with Crippen LogP contribution in [0.3, 0.4) is 0 Å². The highest BCUT2D eigenvalue weighted by atomic mass is 32.2. The first-order chi connectivity index (χ1) is 25.4. The maximum Gasteiger partial charge on any atom is 0.306 e. The Balaban J connectivity index is 1.35. The molecule has 0 radical (unpaired) electrons. The SMILES string of the molecule is C=CC(=O)N(CC)C[C@@H]1CC(=O)OCCC/C=C/c2ccc3ccnc(c3c2)O[C@@H]2C[C@@H](C(=O)C[C@]3(C(=O)NS(=O)(=O)C4CC4)C[C@H]3C=C)N(C2)C1=O. The Morgan fingerprint density at radius 2 is 1.96 bits per heavy atom. The van der Waals surface area contributed by atoms with Crippen molar-refractivity contribution < 1.29 is 41.9 Å². The van der Waals surface area contributed by atoms with Crippen LogP contribution in [-0.2, 0) is 38.7 Å². The average molecular weight is 747 g/mol. The number of nitrogens with zero attached hydrogens (tertiary/aromatic N) is 3. The highest BCUT2D eigenvalue weighted by Gasteiger charge is 2.61. The monoisotopic (exact) mass is 746 g/mol. The van der Waals surface area contributed by atoms with Gasteiger partial charge < -0.3 is 19.3 Å². The molecule has 2 saturated carbocycles. The van der Waals surface area contributed by atoms with E-state index in [4.69, 9.17) is 9.47 Å². The Hall–Kier alpha value is -4.85. The lowest BCUT2D eigenvalue weighted by atomic mass is 9.91. The molecule has 6 rings (SSSR count). The zero-order valence-electron chi connectivity index (χ0n) is 29.9. The molecule has 3 fully saturated rings. The Morgan fingerprint density at radius 1 is 1.17 bits per heavy atom. The van der Waals surface area contributed by atoms with Gasteiger partial charge in [0, 0.05) is 37.5 Å². The number of Topliss-reactive ketones (excluding diaryl/α,β-unsaturated/α-hetero) is 1. The van der Waals surface area contributed by atoms with E-state index in [0.29, 0.717) is 31.6 Å². The number of ether oxygens (including phenoxy) is 2. The highest BCUT2D eigenvalue weighted by Crippen LogP contribution is 2.57. The largest absolute Gasteiger partial charge is 0.472 e. The van der Waals surface area contributed by atoms with Crippen LogP contribution in [0.15, 0.2) is 61.8 Å². The summed E-state index contributed by atoms with van der Waals surface area (Å²) < 4.78 is 39.6. The number of fused-ring (bicyclic) bond motifs is 3. The number of carbonyl (C=O) groups is 5. The van der Waals surface area contributed by atoms with E-state index in [1.165, 1.54) is 9.80 Å². The van der Waals surface area contributed by atoms with E-state index >= 15 is 0 Å². The first kappa shape index (κ1) is 37.9. The van der Waals surface area contributed by atoms with Crippen LogP contribution in [0.5, 0.6) is 5.88 Å². The second-order valence-corrected chi connectivity index (χ2v) is 16.3. The number of ketones is 1. The summed E-state index contributed by atoms with van der Waals surface area (Å²) in [6.45, 7) is 9.31. The quantitative estimate of drug-likeness (QED) is 0.203. The topological polar surface area (TPSA) is 169 Å². The molecule has 13 nitrogen and oxygen atoms in total. The number of carbonyl (C=O) groups excluding carboxylic acids is 5. The van der Waals surface area contributed by atoms with Crippen LogP contribution < -0.4 is 9.46 Å². The van der Waals surface area contributed by atoms with Crippen LogP contribution in [-0.4, -0.2) is 96.3 Å². The van der Waals surface area contributed by atoms with E-state index in [9.17, 15) is 32.4 Å². The molecule has 1 N–H and O–H groups in total. The molecule has 1 aromatic heterocycles. The molecule has 0 spiro atoms. The third-order valence-electron chi connectivity index (χ3n) is 10.7. The number of likely N-dealkylation sites (N-methyl/N-ethyl adjacent to an activating group) is 1. The maximum absolute atomic E-state index is 14.6. The molecule has 5 atom stereocenters. The van der Waals surface area contributed by atoms with Crippen molar-refractivity contribution in [2.45, 2.75) is 75.7 Å². The number of cyclic esters (lactones) is 1. The van der Waals surface area contributed by atoms with Gasteiger partial charge in [0.05, 0.1) is 42.2 Å². The minimum atomic E-state index is -3.88. The summed E-state index contributed by atoms with van der Waals surface area (Å²) in [4.78, 5) is 75.7. The third kappa shape index (κ3) is 8.37. The molecule has 4 bridgehead atoms. The fourth-order valence-electron chi connectivity index (χ4n) is 7.36. The summed E-state index contributed by atoms with van der Waals surface area (Å²) in [6, 6.07) is 6.65. The molecule has 2 aliphatic heterocycles. The molecule has 3 heterocycles. The van der Waals surface area contributed by atoms with Gasteiger partial charge in [-0.05, 0) is 74.1 Å². The van der Waals surface area contributed by atoms with Crippen molar-refractivity contribution in [1.29, 1.82) is 0 Å². The zero-order chi connectivity index (χ0) is 37.9.